The standard InChI is InChI=1S/C13H15N5.ClH/c14-12(15)18-13(16)17-8-9-5-6-10-3-1-2-4-11(10)7-9;/h1-7H,8H2,(H6,14,15,16,17,18);1H. The highest BCUT2D eigenvalue weighted by molar-refractivity contribution is 5.92. The fourth-order valence-corrected chi connectivity index (χ4v) is 1.68. The minimum Gasteiger partial charge on any atom is -0.370 e. The molecule has 19 heavy (non-hydrogen) atoms. The van der Waals surface area contributed by atoms with Gasteiger partial charge in [-0.15, -0.1) is 12.4 Å². The number of halogens is 1. The number of fused-ring (bicyclic) bond motifs is 1. The molecule has 0 radical (unpaired) electrons. The van der Waals surface area contributed by atoms with Crippen LogP contribution in [0.5, 0.6) is 0 Å². The third-order valence-corrected chi connectivity index (χ3v) is 2.48. The van der Waals surface area contributed by atoms with Gasteiger partial charge in [-0.05, 0) is 22.4 Å². The molecule has 0 spiro atoms. The van der Waals surface area contributed by atoms with E-state index in [2.05, 4.69) is 34.3 Å². The van der Waals surface area contributed by atoms with E-state index in [0.29, 0.717) is 6.54 Å². The number of rotatable bonds is 2. The molecule has 2 rings (SSSR count). The van der Waals surface area contributed by atoms with E-state index in [1.54, 1.807) is 0 Å². The molecule has 0 aliphatic heterocycles. The van der Waals surface area contributed by atoms with E-state index in [1.807, 2.05) is 18.2 Å². The van der Waals surface area contributed by atoms with Gasteiger partial charge in [0.15, 0.2) is 5.96 Å². The van der Waals surface area contributed by atoms with Crippen LogP contribution in [0.4, 0.5) is 0 Å². The summed E-state index contributed by atoms with van der Waals surface area (Å²) in [4.78, 5) is 7.74. The number of hydrogen-bond acceptors (Lipinski definition) is 1. The van der Waals surface area contributed by atoms with E-state index in [-0.39, 0.29) is 24.3 Å². The molecule has 100 valence electrons. The zero-order chi connectivity index (χ0) is 13.0. The highest BCUT2D eigenvalue weighted by atomic mass is 35.5. The fraction of sp³-hybridized carbons (Fsp3) is 0.0769. The van der Waals surface area contributed by atoms with Gasteiger partial charge in [-0.2, -0.15) is 4.99 Å². The van der Waals surface area contributed by atoms with Gasteiger partial charge in [0.2, 0.25) is 5.96 Å². The Bertz CT molecular complexity index is 617. The Labute approximate surface area is 117 Å². The summed E-state index contributed by atoms with van der Waals surface area (Å²) in [5.74, 6) is -0.00193. The van der Waals surface area contributed by atoms with E-state index in [0.717, 1.165) is 5.56 Å². The molecule has 0 saturated carbocycles. The van der Waals surface area contributed by atoms with Crippen LogP contribution in [0.3, 0.4) is 0 Å². The lowest BCUT2D eigenvalue weighted by Crippen LogP contribution is -2.26. The second kappa shape index (κ2) is 6.61. The van der Waals surface area contributed by atoms with Gasteiger partial charge < -0.3 is 17.2 Å². The zero-order valence-electron chi connectivity index (χ0n) is 10.3. The lowest BCUT2D eigenvalue weighted by Gasteiger charge is -2.01. The first kappa shape index (κ1) is 14.8. The van der Waals surface area contributed by atoms with Gasteiger partial charge in [0.05, 0.1) is 6.54 Å². The molecule has 0 atom stereocenters. The van der Waals surface area contributed by atoms with Crippen molar-refractivity contribution in [3.63, 3.8) is 0 Å². The van der Waals surface area contributed by atoms with Crippen molar-refractivity contribution in [2.45, 2.75) is 6.54 Å². The van der Waals surface area contributed by atoms with E-state index in [9.17, 15) is 0 Å². The molecule has 0 aromatic heterocycles. The molecule has 0 amide bonds. The van der Waals surface area contributed by atoms with Crippen LogP contribution in [0.1, 0.15) is 5.56 Å². The van der Waals surface area contributed by atoms with Crippen LogP contribution in [0.15, 0.2) is 52.4 Å². The van der Waals surface area contributed by atoms with Crippen molar-refractivity contribution in [2.24, 2.45) is 27.2 Å². The normalized spacial score (nSPS) is 10.8. The van der Waals surface area contributed by atoms with Crippen LogP contribution in [0.2, 0.25) is 0 Å². The van der Waals surface area contributed by atoms with Gasteiger partial charge in [-0.25, -0.2) is 4.99 Å². The molecule has 6 heteroatoms. The molecule has 0 unspecified atom stereocenters. The maximum atomic E-state index is 5.54. The summed E-state index contributed by atoms with van der Waals surface area (Å²) in [5, 5.41) is 2.37. The topological polar surface area (TPSA) is 103 Å². The van der Waals surface area contributed by atoms with Crippen LogP contribution in [0.25, 0.3) is 10.8 Å². The van der Waals surface area contributed by atoms with Crippen LogP contribution in [-0.4, -0.2) is 11.9 Å². The Morgan fingerprint density at radius 2 is 1.63 bits per heavy atom. The fourth-order valence-electron chi connectivity index (χ4n) is 1.68. The van der Waals surface area contributed by atoms with Crippen LogP contribution in [-0.2, 0) is 6.54 Å². The Balaban J connectivity index is 0.00000180. The number of guanidine groups is 2. The van der Waals surface area contributed by atoms with E-state index < -0.39 is 0 Å². The van der Waals surface area contributed by atoms with Gasteiger partial charge in [0.1, 0.15) is 0 Å². The van der Waals surface area contributed by atoms with Crippen molar-refractivity contribution < 1.29 is 0 Å². The molecule has 0 aliphatic rings. The summed E-state index contributed by atoms with van der Waals surface area (Å²) in [5.41, 5.74) is 17.0. The summed E-state index contributed by atoms with van der Waals surface area (Å²) in [6, 6.07) is 14.3. The lowest BCUT2D eigenvalue weighted by atomic mass is 10.1. The van der Waals surface area contributed by atoms with Crippen LogP contribution >= 0.6 is 12.4 Å². The van der Waals surface area contributed by atoms with Crippen LogP contribution < -0.4 is 17.2 Å². The van der Waals surface area contributed by atoms with Crippen molar-refractivity contribution in [3.05, 3.63) is 48.0 Å². The average Bonchev–Trinajstić information content (AvgIpc) is 2.35. The summed E-state index contributed by atoms with van der Waals surface area (Å²) in [6.45, 7) is 0.452. The minimum absolute atomic E-state index is 0. The smallest absolute Gasteiger partial charge is 0.218 e. The maximum absolute atomic E-state index is 5.54. The number of hydrogen-bond donors (Lipinski definition) is 3. The van der Waals surface area contributed by atoms with Crippen LogP contribution in [0, 0.1) is 0 Å². The number of nitrogens with two attached hydrogens (primary N) is 3. The maximum Gasteiger partial charge on any atom is 0.218 e. The van der Waals surface area contributed by atoms with E-state index >= 15 is 0 Å². The molecule has 0 heterocycles. The monoisotopic (exact) mass is 277 g/mol. The number of benzene rings is 2. The number of nitrogens with zero attached hydrogens (tertiary/aromatic N) is 2. The molecule has 0 aliphatic carbocycles. The average molecular weight is 278 g/mol. The molecule has 0 fully saturated rings. The Hall–Kier alpha value is -2.27. The quantitative estimate of drug-likeness (QED) is 0.570. The van der Waals surface area contributed by atoms with Gasteiger partial charge in [-0.3, -0.25) is 0 Å². The largest absolute Gasteiger partial charge is 0.370 e. The molecule has 0 saturated heterocycles. The van der Waals surface area contributed by atoms with Crippen molar-refractivity contribution in [1.29, 1.82) is 0 Å². The third kappa shape index (κ3) is 4.15. The first-order valence-electron chi connectivity index (χ1n) is 5.52. The molecule has 2 aromatic rings. The second-order valence-electron chi connectivity index (χ2n) is 3.89. The van der Waals surface area contributed by atoms with Gasteiger partial charge in [0, 0.05) is 0 Å². The predicted octanol–water partition coefficient (Wildman–Crippen LogP) is 1.35. The molecule has 2 aromatic carbocycles. The van der Waals surface area contributed by atoms with Crippen molar-refractivity contribution in [3.8, 4) is 0 Å². The lowest BCUT2D eigenvalue weighted by molar-refractivity contribution is 1.06. The Kier molecular flexibility index (Phi) is 5.14. The highest BCUT2D eigenvalue weighted by Crippen LogP contribution is 2.16. The Morgan fingerprint density at radius 3 is 2.32 bits per heavy atom. The first-order valence-corrected chi connectivity index (χ1v) is 5.52. The van der Waals surface area contributed by atoms with Crippen molar-refractivity contribution >= 4 is 35.1 Å². The molecule has 6 N–H and O–H groups in total. The number of aliphatic imine (C=N–C) groups is 2. The summed E-state index contributed by atoms with van der Waals surface area (Å²) >= 11 is 0. The summed E-state index contributed by atoms with van der Waals surface area (Å²) < 4.78 is 0. The van der Waals surface area contributed by atoms with Gasteiger partial charge in [-0.1, -0.05) is 36.4 Å². The second-order valence-corrected chi connectivity index (χ2v) is 3.89. The minimum atomic E-state index is -0.0882. The Morgan fingerprint density at radius 1 is 0.947 bits per heavy atom. The zero-order valence-corrected chi connectivity index (χ0v) is 11.1. The van der Waals surface area contributed by atoms with Gasteiger partial charge in [0.25, 0.3) is 0 Å². The summed E-state index contributed by atoms with van der Waals surface area (Å²) in [7, 11) is 0. The third-order valence-electron chi connectivity index (χ3n) is 2.48. The SMILES string of the molecule is Cl.NC(N)=NC(N)=NCc1ccc2ccccc2c1. The predicted molar refractivity (Wildman–Crippen MR) is 82.3 cm³/mol. The molecule has 5 nitrogen and oxygen atoms in total. The van der Waals surface area contributed by atoms with E-state index in [1.165, 1.54) is 10.8 Å². The molecular weight excluding hydrogens is 262 g/mol. The highest BCUT2D eigenvalue weighted by Gasteiger charge is 1.96. The molecule has 0 bridgehead atoms. The first-order chi connectivity index (χ1) is 8.65. The van der Waals surface area contributed by atoms with Gasteiger partial charge >= 0.3 is 0 Å². The summed E-state index contributed by atoms with van der Waals surface area (Å²) in [6.07, 6.45) is 0. The molecular formula is C13H16ClN5. The van der Waals surface area contributed by atoms with Crippen molar-refractivity contribution in [1.82, 2.24) is 0 Å². The van der Waals surface area contributed by atoms with Crippen molar-refractivity contribution in [2.75, 3.05) is 0 Å². The van der Waals surface area contributed by atoms with E-state index in [4.69, 9.17) is 17.2 Å².